The van der Waals surface area contributed by atoms with Gasteiger partial charge in [-0.3, -0.25) is 15.1 Å². The van der Waals surface area contributed by atoms with Crippen molar-refractivity contribution in [1.29, 1.82) is 0 Å². The van der Waals surface area contributed by atoms with Crippen LogP contribution in [0.5, 0.6) is 0 Å². The second-order valence-corrected chi connectivity index (χ2v) is 5.38. The molecule has 8 nitrogen and oxygen atoms in total. The fraction of sp³-hybridized carbons (Fsp3) is 0. The number of nitrogens with zero attached hydrogens (tertiary/aromatic N) is 2. The molecule has 1 heterocycles. The first-order chi connectivity index (χ1) is 9.38. The molecular weight excluding hydrogens is 284 g/mol. The van der Waals surface area contributed by atoms with Gasteiger partial charge >= 0.3 is 0 Å². The lowest BCUT2D eigenvalue weighted by atomic mass is 10.2. The molecule has 0 amide bonds. The molecule has 20 heavy (non-hydrogen) atoms. The molecule has 0 spiro atoms. The molecule has 3 N–H and O–H groups in total. The standard InChI is InChI=1S/C11H10N4O4S/c12-20(18,19)11-7-13-6-5-10(11)14-8-1-3-9(4-2-8)15(16)17/h1-7H,(H,13,14)(H2,12,18,19). The third-order valence-corrected chi connectivity index (χ3v) is 3.39. The van der Waals surface area contributed by atoms with Crippen LogP contribution in [0.2, 0.25) is 0 Å². The van der Waals surface area contributed by atoms with E-state index in [0.717, 1.165) is 6.20 Å². The SMILES string of the molecule is NS(=O)(=O)c1cnccc1Nc1ccc([N+](=O)[O-])cc1. The van der Waals surface area contributed by atoms with E-state index in [9.17, 15) is 18.5 Å². The smallest absolute Gasteiger partial charge is 0.269 e. The van der Waals surface area contributed by atoms with Gasteiger partial charge in [-0.15, -0.1) is 0 Å². The van der Waals surface area contributed by atoms with Gasteiger partial charge in [-0.2, -0.15) is 0 Å². The number of nitrogens with one attached hydrogen (secondary N) is 1. The van der Waals surface area contributed by atoms with Crippen molar-refractivity contribution in [2.75, 3.05) is 5.32 Å². The topological polar surface area (TPSA) is 128 Å². The van der Waals surface area contributed by atoms with E-state index in [0.29, 0.717) is 5.69 Å². The maximum atomic E-state index is 11.4. The fourth-order valence-corrected chi connectivity index (χ4v) is 2.17. The zero-order valence-corrected chi connectivity index (χ0v) is 10.9. The van der Waals surface area contributed by atoms with Crippen LogP contribution in [0.1, 0.15) is 0 Å². The average molecular weight is 294 g/mol. The first-order valence-corrected chi connectivity index (χ1v) is 6.91. The zero-order valence-electron chi connectivity index (χ0n) is 10.1. The third-order valence-electron chi connectivity index (χ3n) is 2.45. The minimum Gasteiger partial charge on any atom is -0.354 e. The number of hydrogen-bond acceptors (Lipinski definition) is 6. The van der Waals surface area contributed by atoms with Crippen LogP contribution in [0, 0.1) is 10.1 Å². The van der Waals surface area contributed by atoms with Gasteiger partial charge in [0.05, 0.1) is 10.6 Å². The van der Waals surface area contributed by atoms with Gasteiger partial charge in [0.1, 0.15) is 4.90 Å². The minimum atomic E-state index is -3.91. The van der Waals surface area contributed by atoms with Crippen molar-refractivity contribution in [2.24, 2.45) is 5.14 Å². The number of nitrogens with two attached hydrogens (primary N) is 1. The Morgan fingerprint density at radius 3 is 2.40 bits per heavy atom. The van der Waals surface area contributed by atoms with E-state index in [2.05, 4.69) is 10.3 Å². The highest BCUT2D eigenvalue weighted by molar-refractivity contribution is 7.89. The molecular formula is C11H10N4O4S. The number of anilines is 2. The number of aromatic nitrogens is 1. The Morgan fingerprint density at radius 2 is 1.85 bits per heavy atom. The lowest BCUT2D eigenvalue weighted by Crippen LogP contribution is -2.14. The summed E-state index contributed by atoms with van der Waals surface area (Å²) in [6.45, 7) is 0. The molecule has 0 unspecified atom stereocenters. The quantitative estimate of drug-likeness (QED) is 0.647. The van der Waals surface area contributed by atoms with Crippen molar-refractivity contribution in [3.8, 4) is 0 Å². The minimum absolute atomic E-state index is 0.0584. The van der Waals surface area contributed by atoms with Crippen LogP contribution in [0.25, 0.3) is 0 Å². The summed E-state index contributed by atoms with van der Waals surface area (Å²) in [4.78, 5) is 13.6. The highest BCUT2D eigenvalue weighted by atomic mass is 32.2. The second kappa shape index (κ2) is 5.23. The number of pyridine rings is 1. The summed E-state index contributed by atoms with van der Waals surface area (Å²) in [6, 6.07) is 6.98. The van der Waals surface area contributed by atoms with Gasteiger partial charge in [-0.25, -0.2) is 13.6 Å². The maximum absolute atomic E-state index is 11.4. The predicted octanol–water partition coefficient (Wildman–Crippen LogP) is 1.38. The molecule has 104 valence electrons. The summed E-state index contributed by atoms with van der Waals surface area (Å²) in [5.41, 5.74) is 0.681. The van der Waals surface area contributed by atoms with Crippen molar-refractivity contribution >= 4 is 27.1 Å². The molecule has 9 heteroatoms. The Balaban J connectivity index is 2.33. The van der Waals surface area contributed by atoms with Crippen molar-refractivity contribution in [1.82, 2.24) is 4.98 Å². The van der Waals surface area contributed by atoms with Crippen LogP contribution in [-0.4, -0.2) is 18.3 Å². The Kier molecular flexibility index (Phi) is 3.63. The molecule has 0 aliphatic heterocycles. The fourth-order valence-electron chi connectivity index (χ4n) is 1.53. The monoisotopic (exact) mass is 294 g/mol. The summed E-state index contributed by atoms with van der Waals surface area (Å²) < 4.78 is 22.8. The van der Waals surface area contributed by atoms with E-state index in [1.54, 1.807) is 0 Å². The van der Waals surface area contributed by atoms with Crippen molar-refractivity contribution in [2.45, 2.75) is 4.90 Å². The number of rotatable bonds is 4. The van der Waals surface area contributed by atoms with E-state index >= 15 is 0 Å². The molecule has 0 saturated carbocycles. The number of nitro groups is 1. The van der Waals surface area contributed by atoms with Gasteiger partial charge in [-0.1, -0.05) is 0 Å². The zero-order chi connectivity index (χ0) is 14.8. The van der Waals surface area contributed by atoms with Crippen LogP contribution in [0.4, 0.5) is 17.1 Å². The van der Waals surface area contributed by atoms with Crippen LogP contribution < -0.4 is 10.5 Å². The molecule has 1 aromatic carbocycles. The second-order valence-electron chi connectivity index (χ2n) is 3.85. The number of non-ortho nitro benzene ring substituents is 1. The third kappa shape index (κ3) is 3.08. The molecule has 0 aliphatic carbocycles. The van der Waals surface area contributed by atoms with E-state index in [-0.39, 0.29) is 16.3 Å². The highest BCUT2D eigenvalue weighted by Gasteiger charge is 2.14. The first-order valence-electron chi connectivity index (χ1n) is 5.36. The van der Waals surface area contributed by atoms with Crippen molar-refractivity contribution in [3.05, 3.63) is 52.8 Å². The molecule has 0 fully saturated rings. The van der Waals surface area contributed by atoms with Crippen molar-refractivity contribution < 1.29 is 13.3 Å². The molecule has 0 radical (unpaired) electrons. The summed E-state index contributed by atoms with van der Waals surface area (Å²) in [5.74, 6) is 0. The first kappa shape index (κ1) is 13.9. The maximum Gasteiger partial charge on any atom is 0.269 e. The molecule has 0 saturated heterocycles. The molecule has 2 aromatic rings. The summed E-state index contributed by atoms with van der Waals surface area (Å²) in [6.07, 6.45) is 2.53. The Bertz CT molecular complexity index is 743. The summed E-state index contributed by atoms with van der Waals surface area (Å²) >= 11 is 0. The van der Waals surface area contributed by atoms with Gasteiger partial charge < -0.3 is 5.32 Å². The summed E-state index contributed by atoms with van der Waals surface area (Å²) in [5, 5.41) is 18.4. The Hall–Kier alpha value is -2.52. The normalized spacial score (nSPS) is 11.1. The molecule has 1 aromatic heterocycles. The van der Waals surface area contributed by atoms with E-state index in [1.807, 2.05) is 0 Å². The predicted molar refractivity (Wildman–Crippen MR) is 72.0 cm³/mol. The summed E-state index contributed by atoms with van der Waals surface area (Å²) in [7, 11) is -3.91. The van der Waals surface area contributed by atoms with Gasteiger partial charge in [0.25, 0.3) is 5.69 Å². The largest absolute Gasteiger partial charge is 0.354 e. The van der Waals surface area contributed by atoms with Crippen LogP contribution in [0.15, 0.2) is 47.6 Å². The Labute approximate surface area is 114 Å². The molecule has 0 aliphatic rings. The van der Waals surface area contributed by atoms with Gasteiger partial charge in [-0.05, 0) is 18.2 Å². The van der Waals surface area contributed by atoms with Crippen LogP contribution >= 0.6 is 0 Å². The number of sulfonamides is 1. The van der Waals surface area contributed by atoms with Crippen LogP contribution in [-0.2, 0) is 10.0 Å². The average Bonchev–Trinajstić information content (AvgIpc) is 2.38. The van der Waals surface area contributed by atoms with Crippen LogP contribution in [0.3, 0.4) is 0 Å². The molecule has 2 rings (SSSR count). The van der Waals surface area contributed by atoms with E-state index in [4.69, 9.17) is 5.14 Å². The van der Waals surface area contributed by atoms with E-state index in [1.165, 1.54) is 36.5 Å². The van der Waals surface area contributed by atoms with Crippen molar-refractivity contribution in [3.63, 3.8) is 0 Å². The highest BCUT2D eigenvalue weighted by Crippen LogP contribution is 2.24. The van der Waals surface area contributed by atoms with Gasteiger partial charge in [0.2, 0.25) is 10.0 Å². The lowest BCUT2D eigenvalue weighted by Gasteiger charge is -2.09. The number of primary sulfonamides is 1. The van der Waals surface area contributed by atoms with Gasteiger partial charge in [0, 0.05) is 30.2 Å². The number of hydrogen-bond donors (Lipinski definition) is 2. The number of benzene rings is 1. The Morgan fingerprint density at radius 1 is 1.20 bits per heavy atom. The lowest BCUT2D eigenvalue weighted by molar-refractivity contribution is -0.384. The molecule has 0 bridgehead atoms. The number of nitro benzene ring substituents is 1. The van der Waals surface area contributed by atoms with Gasteiger partial charge in [0.15, 0.2) is 0 Å². The van der Waals surface area contributed by atoms with E-state index < -0.39 is 14.9 Å². The molecule has 0 atom stereocenters.